The predicted octanol–water partition coefficient (Wildman–Crippen LogP) is 6.95. The van der Waals surface area contributed by atoms with Gasteiger partial charge >= 0.3 is 7.82 Å². The molecule has 1 amide bonds. The Labute approximate surface area is 298 Å². The molecule has 0 aliphatic rings. The van der Waals surface area contributed by atoms with Crippen molar-refractivity contribution < 1.29 is 46.0 Å². The highest BCUT2D eigenvalue weighted by atomic mass is 32.2. The molecular formula is C35H46FN4O9PS. The number of Topliss-reactive ketones (excluding diaryl/α,β-unsaturated/α-hetero) is 1. The van der Waals surface area contributed by atoms with Gasteiger partial charge in [0.15, 0.2) is 21.8 Å². The Morgan fingerprint density at radius 1 is 0.824 bits per heavy atom. The van der Waals surface area contributed by atoms with E-state index in [2.05, 4.69) is 20.1 Å². The highest BCUT2D eigenvalue weighted by Gasteiger charge is 2.21. The standard InChI is InChI=1S/C35H46FN4O9PS/c1-40(2)30-16-12-28(13-17-30)38-39-29-14-20-32(21-15-29)51(46,47)26-8-24-48-25-22-34(42)37-23-7-5-3-4-6-9-33(41)35(36)27-10-18-31(19-11-27)49-50(43,44)45/h10-21,35H,3-9,22-26H2,1-2H3,(H,37,42)(H2,43,44,45). The fourth-order valence-electron chi connectivity index (χ4n) is 4.81. The molecule has 0 spiro atoms. The Hall–Kier alpha value is -4.01. The molecule has 13 nitrogen and oxygen atoms in total. The van der Waals surface area contributed by atoms with E-state index < -0.39 is 29.6 Å². The van der Waals surface area contributed by atoms with Gasteiger partial charge in [-0.2, -0.15) is 10.2 Å². The number of ether oxygens (including phenoxy) is 1. The largest absolute Gasteiger partial charge is 0.524 e. The summed E-state index contributed by atoms with van der Waals surface area (Å²) in [6, 6.07) is 18.7. The zero-order valence-corrected chi connectivity index (χ0v) is 30.5. The number of nitrogens with one attached hydrogen (secondary N) is 1. The van der Waals surface area contributed by atoms with Gasteiger partial charge in [0.25, 0.3) is 0 Å². The summed E-state index contributed by atoms with van der Waals surface area (Å²) in [5, 5.41) is 11.2. The molecule has 0 fully saturated rings. The molecule has 0 bridgehead atoms. The number of sulfone groups is 1. The summed E-state index contributed by atoms with van der Waals surface area (Å²) in [5.41, 5.74) is 2.36. The number of carbonyl (C=O) groups excluding carboxylic acids is 2. The lowest BCUT2D eigenvalue weighted by Gasteiger charge is -2.11. The molecule has 0 heterocycles. The van der Waals surface area contributed by atoms with Gasteiger partial charge in [0, 0.05) is 45.8 Å². The Morgan fingerprint density at radius 2 is 1.41 bits per heavy atom. The van der Waals surface area contributed by atoms with Crippen molar-refractivity contribution in [1.29, 1.82) is 0 Å². The van der Waals surface area contributed by atoms with Gasteiger partial charge in [-0.25, -0.2) is 17.4 Å². The van der Waals surface area contributed by atoms with Gasteiger partial charge in [-0.1, -0.05) is 31.4 Å². The average Bonchev–Trinajstić information content (AvgIpc) is 3.09. The monoisotopic (exact) mass is 748 g/mol. The van der Waals surface area contributed by atoms with Crippen LogP contribution in [0.1, 0.15) is 63.1 Å². The number of phosphoric acid groups is 1. The summed E-state index contributed by atoms with van der Waals surface area (Å²) in [5.74, 6) is -0.942. The van der Waals surface area contributed by atoms with Gasteiger partial charge in [0.05, 0.1) is 28.6 Å². The third-order valence-electron chi connectivity index (χ3n) is 7.62. The van der Waals surface area contributed by atoms with Crippen LogP contribution < -0.4 is 14.7 Å². The van der Waals surface area contributed by atoms with Gasteiger partial charge in [0.2, 0.25) is 5.91 Å². The Balaban J connectivity index is 1.19. The van der Waals surface area contributed by atoms with Gasteiger partial charge < -0.3 is 19.5 Å². The van der Waals surface area contributed by atoms with E-state index in [-0.39, 0.29) is 60.3 Å². The van der Waals surface area contributed by atoms with E-state index in [1.165, 1.54) is 36.4 Å². The molecule has 0 aliphatic carbocycles. The molecule has 3 N–H and O–H groups in total. The second kappa shape index (κ2) is 20.7. The highest BCUT2D eigenvalue weighted by Crippen LogP contribution is 2.38. The minimum atomic E-state index is -4.72. The van der Waals surface area contributed by atoms with Crippen LogP contribution in [0.5, 0.6) is 5.75 Å². The van der Waals surface area contributed by atoms with E-state index in [1.54, 1.807) is 12.1 Å². The lowest BCUT2D eigenvalue weighted by atomic mass is 10.0. The molecule has 1 atom stereocenters. The van der Waals surface area contributed by atoms with Crippen LogP contribution >= 0.6 is 7.82 Å². The van der Waals surface area contributed by atoms with E-state index >= 15 is 0 Å². The van der Waals surface area contributed by atoms with Crippen LogP contribution in [0, 0.1) is 0 Å². The Morgan fingerprint density at radius 3 is 2.02 bits per heavy atom. The number of rotatable bonds is 23. The normalized spacial score (nSPS) is 12.5. The first-order chi connectivity index (χ1) is 24.2. The number of nitrogens with zero attached hydrogens (tertiary/aromatic N) is 3. The summed E-state index contributed by atoms with van der Waals surface area (Å²) in [6.45, 7) is 0.879. The van der Waals surface area contributed by atoms with Crippen LogP contribution in [-0.4, -0.2) is 69.5 Å². The molecule has 3 rings (SSSR count). The summed E-state index contributed by atoms with van der Waals surface area (Å²) in [7, 11) is -4.32. The lowest BCUT2D eigenvalue weighted by Crippen LogP contribution is -2.25. The zero-order valence-electron chi connectivity index (χ0n) is 28.8. The van der Waals surface area contributed by atoms with Crippen LogP contribution in [0.3, 0.4) is 0 Å². The minimum Gasteiger partial charge on any atom is -0.404 e. The van der Waals surface area contributed by atoms with Crippen molar-refractivity contribution >= 4 is 46.4 Å². The maximum absolute atomic E-state index is 14.5. The van der Waals surface area contributed by atoms with E-state index in [9.17, 15) is 27.0 Å². The summed E-state index contributed by atoms with van der Waals surface area (Å²) >= 11 is 0. The van der Waals surface area contributed by atoms with Crippen LogP contribution in [0.25, 0.3) is 0 Å². The van der Waals surface area contributed by atoms with Gasteiger partial charge in [-0.15, -0.1) is 0 Å². The van der Waals surface area contributed by atoms with E-state index in [1.807, 2.05) is 43.3 Å². The lowest BCUT2D eigenvalue weighted by molar-refractivity contribution is -0.124. The van der Waals surface area contributed by atoms with Crippen molar-refractivity contribution in [3.05, 3.63) is 78.4 Å². The number of ketones is 1. The zero-order chi connectivity index (χ0) is 37.3. The van der Waals surface area contributed by atoms with Crippen molar-refractivity contribution in [2.45, 2.75) is 62.4 Å². The second-order valence-electron chi connectivity index (χ2n) is 12.0. The van der Waals surface area contributed by atoms with Crippen LogP contribution in [0.2, 0.25) is 0 Å². The smallest absolute Gasteiger partial charge is 0.404 e. The number of benzene rings is 3. The molecule has 0 saturated carbocycles. The second-order valence-corrected chi connectivity index (χ2v) is 15.3. The number of azo groups is 1. The molecule has 16 heteroatoms. The first-order valence-electron chi connectivity index (χ1n) is 16.6. The van der Waals surface area contributed by atoms with E-state index in [4.69, 9.17) is 14.5 Å². The number of phosphoric ester groups is 1. The number of hydrogen-bond donors (Lipinski definition) is 3. The number of carbonyl (C=O) groups is 2. The van der Waals surface area contributed by atoms with Crippen molar-refractivity contribution in [2.24, 2.45) is 10.2 Å². The third kappa shape index (κ3) is 15.8. The van der Waals surface area contributed by atoms with Crippen LogP contribution in [-0.2, 0) is 28.7 Å². The number of unbranched alkanes of at least 4 members (excludes halogenated alkanes) is 4. The van der Waals surface area contributed by atoms with Gasteiger partial charge in [0.1, 0.15) is 5.75 Å². The molecule has 51 heavy (non-hydrogen) atoms. The minimum absolute atomic E-state index is 0.0687. The number of anilines is 1. The number of halogens is 1. The fourth-order valence-corrected chi connectivity index (χ4v) is 6.49. The molecule has 3 aromatic carbocycles. The van der Waals surface area contributed by atoms with Crippen molar-refractivity contribution in [2.75, 3.05) is 44.5 Å². The maximum Gasteiger partial charge on any atom is 0.524 e. The van der Waals surface area contributed by atoms with Crippen molar-refractivity contribution in [1.82, 2.24) is 5.32 Å². The summed E-state index contributed by atoms with van der Waals surface area (Å²) < 4.78 is 60.6. The third-order valence-corrected chi connectivity index (χ3v) is 9.89. The molecule has 278 valence electrons. The maximum atomic E-state index is 14.5. The Kier molecular flexibility index (Phi) is 16.8. The summed E-state index contributed by atoms with van der Waals surface area (Å²) in [6.07, 6.45) is 2.35. The van der Waals surface area contributed by atoms with Crippen LogP contribution in [0.15, 0.2) is 87.9 Å². The van der Waals surface area contributed by atoms with E-state index in [0.29, 0.717) is 24.3 Å². The number of alkyl halides is 1. The predicted molar refractivity (Wildman–Crippen MR) is 192 cm³/mol. The summed E-state index contributed by atoms with van der Waals surface area (Å²) in [4.78, 5) is 44.0. The molecule has 0 radical (unpaired) electrons. The van der Waals surface area contributed by atoms with E-state index in [0.717, 1.165) is 31.4 Å². The molecular weight excluding hydrogens is 702 g/mol. The van der Waals surface area contributed by atoms with Crippen molar-refractivity contribution in [3.63, 3.8) is 0 Å². The first kappa shape index (κ1) is 41.4. The molecule has 0 saturated heterocycles. The van der Waals surface area contributed by atoms with Gasteiger partial charge in [-0.05, 0) is 85.5 Å². The molecule has 0 aromatic heterocycles. The quantitative estimate of drug-likeness (QED) is 0.0521. The molecule has 1 unspecified atom stereocenters. The van der Waals surface area contributed by atoms with Gasteiger partial charge in [-0.3, -0.25) is 19.4 Å². The van der Waals surface area contributed by atoms with Crippen molar-refractivity contribution in [3.8, 4) is 5.75 Å². The average molecular weight is 749 g/mol. The SMILES string of the molecule is CN(C)c1ccc(N=Nc2ccc(S(=O)(=O)CCCOCCC(=O)NCCCCCCCC(=O)C(F)c3ccc(OP(=O)(O)O)cc3)cc2)cc1. The highest BCUT2D eigenvalue weighted by molar-refractivity contribution is 7.91. The fraction of sp³-hybridized carbons (Fsp3) is 0.429. The molecule has 0 aliphatic heterocycles. The molecule has 3 aromatic rings. The first-order valence-corrected chi connectivity index (χ1v) is 19.8. The number of amides is 1. The van der Waals surface area contributed by atoms with Crippen LogP contribution in [0.4, 0.5) is 21.5 Å². The topological polar surface area (TPSA) is 184 Å². The Bertz CT molecular complexity index is 1720. The number of hydrogen-bond acceptors (Lipinski definition) is 10.